The van der Waals surface area contributed by atoms with Gasteiger partial charge in [0, 0.05) is 23.8 Å². The van der Waals surface area contributed by atoms with E-state index in [4.69, 9.17) is 4.74 Å². The average Bonchev–Trinajstić information content (AvgIpc) is 2.66. The molecule has 2 aromatic rings. The van der Waals surface area contributed by atoms with Crippen LogP contribution in [0.4, 0.5) is 5.69 Å². The molecular formula is C20H23N3O3S. The third-order valence-electron chi connectivity index (χ3n) is 4.21. The van der Waals surface area contributed by atoms with E-state index in [2.05, 4.69) is 16.0 Å². The van der Waals surface area contributed by atoms with Crippen molar-refractivity contribution in [1.82, 2.24) is 10.6 Å². The van der Waals surface area contributed by atoms with Gasteiger partial charge in [-0.3, -0.25) is 14.9 Å². The summed E-state index contributed by atoms with van der Waals surface area (Å²) in [5, 5.41) is 9.13. The molecule has 27 heavy (non-hydrogen) atoms. The Morgan fingerprint density at radius 3 is 2.67 bits per heavy atom. The Labute approximate surface area is 163 Å². The minimum Gasteiger partial charge on any atom is -0.495 e. The van der Waals surface area contributed by atoms with Crippen molar-refractivity contribution >= 4 is 29.3 Å². The number of benzene rings is 2. The number of para-hydroxylation sites is 2. The highest BCUT2D eigenvalue weighted by atomic mass is 32.2. The number of nitrogens with one attached hydrogen (secondary N) is 3. The third-order valence-corrected chi connectivity index (χ3v) is 5.29. The number of ether oxygens (including phenoxy) is 1. The first-order valence-electron chi connectivity index (χ1n) is 8.75. The first kappa shape index (κ1) is 19.3. The van der Waals surface area contributed by atoms with E-state index >= 15 is 0 Å². The number of carbonyl (C=O) groups is 2. The molecule has 3 N–H and O–H groups in total. The van der Waals surface area contributed by atoms with Gasteiger partial charge in [0.15, 0.2) is 0 Å². The Hall–Kier alpha value is -2.51. The molecule has 6 nitrogen and oxygen atoms in total. The van der Waals surface area contributed by atoms with Crippen LogP contribution < -0.4 is 20.7 Å². The first-order chi connectivity index (χ1) is 13.0. The smallest absolute Gasteiger partial charge is 0.255 e. The zero-order valence-electron chi connectivity index (χ0n) is 15.3. The Morgan fingerprint density at radius 1 is 1.22 bits per heavy atom. The maximum absolute atomic E-state index is 12.4. The van der Waals surface area contributed by atoms with Crippen molar-refractivity contribution in [3.8, 4) is 5.75 Å². The van der Waals surface area contributed by atoms with Crippen molar-refractivity contribution in [2.45, 2.75) is 30.6 Å². The summed E-state index contributed by atoms with van der Waals surface area (Å²) in [6, 6.07) is 14.9. The molecule has 0 bridgehead atoms. The van der Waals surface area contributed by atoms with Crippen LogP contribution in [0, 0.1) is 0 Å². The minimum absolute atomic E-state index is 0.0714. The van der Waals surface area contributed by atoms with Crippen molar-refractivity contribution in [2.75, 3.05) is 12.4 Å². The van der Waals surface area contributed by atoms with Gasteiger partial charge in [0.25, 0.3) is 5.91 Å². The van der Waals surface area contributed by atoms with Crippen LogP contribution in [0.5, 0.6) is 5.75 Å². The van der Waals surface area contributed by atoms with Gasteiger partial charge in [-0.2, -0.15) is 0 Å². The number of amides is 2. The molecule has 2 unspecified atom stereocenters. The molecule has 142 valence electrons. The van der Waals surface area contributed by atoms with Crippen LogP contribution in [0.2, 0.25) is 0 Å². The number of anilines is 1. The second-order valence-corrected chi connectivity index (χ2v) is 7.48. The van der Waals surface area contributed by atoms with Gasteiger partial charge in [-0.1, -0.05) is 24.3 Å². The summed E-state index contributed by atoms with van der Waals surface area (Å²) in [7, 11) is 1.57. The van der Waals surface area contributed by atoms with E-state index in [1.807, 2.05) is 31.2 Å². The molecule has 2 amide bonds. The lowest BCUT2D eigenvalue weighted by Crippen LogP contribution is -2.53. The van der Waals surface area contributed by atoms with Crippen LogP contribution >= 0.6 is 11.8 Å². The Bertz CT molecular complexity index is 810. The van der Waals surface area contributed by atoms with Crippen LogP contribution in [0.15, 0.2) is 48.5 Å². The van der Waals surface area contributed by atoms with Gasteiger partial charge in [0.1, 0.15) is 11.2 Å². The van der Waals surface area contributed by atoms with Crippen molar-refractivity contribution in [1.29, 1.82) is 0 Å². The molecule has 1 heterocycles. The summed E-state index contributed by atoms with van der Waals surface area (Å²) in [5.74, 6) is 1.24. The van der Waals surface area contributed by atoms with E-state index in [-0.39, 0.29) is 23.4 Å². The van der Waals surface area contributed by atoms with Gasteiger partial charge in [-0.05, 0) is 36.8 Å². The van der Waals surface area contributed by atoms with E-state index in [0.29, 0.717) is 23.4 Å². The largest absolute Gasteiger partial charge is 0.495 e. The van der Waals surface area contributed by atoms with Gasteiger partial charge < -0.3 is 15.4 Å². The number of rotatable bonds is 6. The fourth-order valence-electron chi connectivity index (χ4n) is 2.81. The quantitative estimate of drug-likeness (QED) is 0.712. The van der Waals surface area contributed by atoms with Gasteiger partial charge in [0.05, 0.1) is 12.8 Å². The van der Waals surface area contributed by atoms with Crippen LogP contribution in [0.1, 0.15) is 29.3 Å². The number of hydrogen-bond acceptors (Lipinski definition) is 5. The molecular weight excluding hydrogens is 362 g/mol. The molecule has 1 saturated heterocycles. The maximum atomic E-state index is 12.4. The van der Waals surface area contributed by atoms with E-state index in [1.54, 1.807) is 43.1 Å². The van der Waals surface area contributed by atoms with Crippen molar-refractivity contribution in [2.24, 2.45) is 0 Å². The number of hydrogen-bond donors (Lipinski definition) is 3. The lowest BCUT2D eigenvalue weighted by molar-refractivity contribution is -0.123. The Morgan fingerprint density at radius 2 is 1.96 bits per heavy atom. The molecule has 0 saturated carbocycles. The van der Waals surface area contributed by atoms with Crippen molar-refractivity contribution < 1.29 is 14.3 Å². The average molecular weight is 385 g/mol. The second-order valence-electron chi connectivity index (χ2n) is 6.38. The fraction of sp³-hybridized carbons (Fsp3) is 0.300. The summed E-state index contributed by atoms with van der Waals surface area (Å²) in [4.78, 5) is 24.0. The molecule has 1 aliphatic heterocycles. The second kappa shape index (κ2) is 8.92. The van der Waals surface area contributed by atoms with E-state index < -0.39 is 0 Å². The van der Waals surface area contributed by atoms with E-state index in [9.17, 15) is 9.59 Å². The molecule has 0 aliphatic carbocycles. The number of thioether (sulfide) groups is 1. The zero-order valence-corrected chi connectivity index (χ0v) is 16.1. The predicted molar refractivity (Wildman–Crippen MR) is 108 cm³/mol. The first-order valence-corrected chi connectivity index (χ1v) is 9.80. The third kappa shape index (κ3) is 5.24. The van der Waals surface area contributed by atoms with E-state index in [1.165, 1.54) is 0 Å². The normalized spacial score (nSPS) is 19.3. The van der Waals surface area contributed by atoms with Crippen LogP contribution in [0.3, 0.4) is 0 Å². The highest BCUT2D eigenvalue weighted by molar-refractivity contribution is 7.99. The van der Waals surface area contributed by atoms with E-state index in [0.717, 1.165) is 11.3 Å². The van der Waals surface area contributed by atoms with Gasteiger partial charge >= 0.3 is 0 Å². The standard InChI is InChI=1S/C20H23N3O3S/c1-13-11-18(24)23-20(21-13)27-12-14-7-9-15(10-8-14)19(25)22-16-5-3-4-6-17(16)26-2/h3-10,13,20-21H,11-12H2,1-2H3,(H,22,25)(H,23,24). The fourth-order valence-corrected chi connectivity index (χ4v) is 3.90. The zero-order chi connectivity index (χ0) is 19.2. The van der Waals surface area contributed by atoms with Crippen LogP contribution in [-0.2, 0) is 10.5 Å². The highest BCUT2D eigenvalue weighted by Crippen LogP contribution is 2.24. The topological polar surface area (TPSA) is 79.5 Å². The minimum atomic E-state index is -0.186. The summed E-state index contributed by atoms with van der Waals surface area (Å²) >= 11 is 1.62. The molecule has 2 aromatic carbocycles. The molecule has 7 heteroatoms. The summed E-state index contributed by atoms with van der Waals surface area (Å²) in [6.07, 6.45) is 0.507. The van der Waals surface area contributed by atoms with Crippen LogP contribution in [0.25, 0.3) is 0 Å². The van der Waals surface area contributed by atoms with Crippen LogP contribution in [-0.4, -0.2) is 30.5 Å². The molecule has 0 spiro atoms. The molecule has 3 rings (SSSR count). The summed E-state index contributed by atoms with van der Waals surface area (Å²) in [5.41, 5.74) is 2.21. The molecule has 2 atom stereocenters. The summed E-state index contributed by atoms with van der Waals surface area (Å²) < 4.78 is 5.25. The lowest BCUT2D eigenvalue weighted by atomic mass is 10.1. The number of methoxy groups -OCH3 is 1. The van der Waals surface area contributed by atoms with Crippen molar-refractivity contribution in [3.63, 3.8) is 0 Å². The molecule has 1 fully saturated rings. The molecule has 0 aromatic heterocycles. The molecule has 0 radical (unpaired) electrons. The highest BCUT2D eigenvalue weighted by Gasteiger charge is 2.22. The monoisotopic (exact) mass is 385 g/mol. The Kier molecular flexibility index (Phi) is 6.36. The summed E-state index contributed by atoms with van der Waals surface area (Å²) in [6.45, 7) is 2.00. The van der Waals surface area contributed by atoms with Crippen molar-refractivity contribution in [3.05, 3.63) is 59.7 Å². The number of carbonyl (C=O) groups excluding carboxylic acids is 2. The van der Waals surface area contributed by atoms with Gasteiger partial charge in [-0.25, -0.2) is 0 Å². The maximum Gasteiger partial charge on any atom is 0.255 e. The predicted octanol–water partition coefficient (Wildman–Crippen LogP) is 2.96. The molecule has 1 aliphatic rings. The Balaban J connectivity index is 1.56. The van der Waals surface area contributed by atoms with Gasteiger partial charge in [-0.15, -0.1) is 11.8 Å². The SMILES string of the molecule is COc1ccccc1NC(=O)c1ccc(CSC2NC(=O)CC(C)N2)cc1. The van der Waals surface area contributed by atoms with Gasteiger partial charge in [0.2, 0.25) is 5.91 Å². The lowest BCUT2D eigenvalue weighted by Gasteiger charge is -2.29.